The van der Waals surface area contributed by atoms with E-state index in [1.54, 1.807) is 44.2 Å². The van der Waals surface area contributed by atoms with Crippen molar-refractivity contribution < 1.29 is 14.3 Å². The number of benzene rings is 2. The summed E-state index contributed by atoms with van der Waals surface area (Å²) in [6.07, 6.45) is 1.31. The van der Waals surface area contributed by atoms with Crippen LogP contribution in [0.2, 0.25) is 0 Å². The maximum atomic E-state index is 14.1. The number of nitrogens with two attached hydrogens (primary N) is 1. The van der Waals surface area contributed by atoms with E-state index < -0.39 is 11.8 Å². The molecule has 5 heteroatoms. The Morgan fingerprint density at radius 2 is 1.91 bits per heavy atom. The lowest BCUT2D eigenvalue weighted by atomic mass is 9.94. The zero-order chi connectivity index (χ0) is 17.1. The van der Waals surface area contributed by atoms with E-state index in [4.69, 9.17) is 16.1 Å². The minimum Gasteiger partial charge on any atom is -0.477 e. The van der Waals surface area contributed by atoms with Crippen molar-refractivity contribution in [3.63, 3.8) is 0 Å². The molecular formula is C18H15FN2O2. The Bertz CT molecular complexity index is 864. The molecule has 2 aromatic rings. The molecule has 0 saturated heterocycles. The second-order valence-electron chi connectivity index (χ2n) is 5.24. The van der Waals surface area contributed by atoms with Gasteiger partial charge in [-0.15, -0.1) is 0 Å². The van der Waals surface area contributed by atoms with E-state index in [2.05, 4.69) is 0 Å². The Morgan fingerprint density at radius 1 is 1.22 bits per heavy atom. The molecule has 4 nitrogen and oxygen atoms in total. The summed E-state index contributed by atoms with van der Waals surface area (Å²) in [6.45, 7) is 3.58. The van der Waals surface area contributed by atoms with Gasteiger partial charge in [0.1, 0.15) is 17.5 Å². The molecule has 0 bridgehead atoms. The first-order valence-electron chi connectivity index (χ1n) is 6.85. The first-order valence-corrected chi connectivity index (χ1v) is 6.85. The number of nitriles is 1. The number of nitrogens with zero attached hydrogens (tertiary/aromatic N) is 1. The average Bonchev–Trinajstić information content (AvgIpc) is 2.47. The highest BCUT2D eigenvalue weighted by atomic mass is 19.1. The lowest BCUT2D eigenvalue weighted by molar-refractivity contribution is -0.132. The van der Waals surface area contributed by atoms with Crippen molar-refractivity contribution in [3.05, 3.63) is 58.4 Å². The first-order chi connectivity index (χ1) is 10.8. The number of halogens is 1. The van der Waals surface area contributed by atoms with E-state index >= 15 is 0 Å². The number of aryl methyl sites for hydroxylation is 2. The van der Waals surface area contributed by atoms with Crippen LogP contribution in [0.25, 0.3) is 17.2 Å². The number of anilines is 1. The lowest BCUT2D eigenvalue weighted by Gasteiger charge is -2.12. The monoisotopic (exact) mass is 310 g/mol. The third-order valence-electron chi connectivity index (χ3n) is 3.55. The van der Waals surface area contributed by atoms with Crippen LogP contribution in [0.4, 0.5) is 10.1 Å². The largest absolute Gasteiger partial charge is 0.477 e. The van der Waals surface area contributed by atoms with Crippen LogP contribution < -0.4 is 5.73 Å². The van der Waals surface area contributed by atoms with E-state index in [1.807, 2.05) is 0 Å². The molecule has 2 aromatic carbocycles. The molecule has 0 spiro atoms. The van der Waals surface area contributed by atoms with Gasteiger partial charge in [-0.2, -0.15) is 5.26 Å². The molecule has 0 aliphatic rings. The first kappa shape index (κ1) is 16.2. The maximum Gasteiger partial charge on any atom is 0.346 e. The van der Waals surface area contributed by atoms with Crippen molar-refractivity contribution in [2.75, 3.05) is 5.73 Å². The summed E-state index contributed by atoms with van der Waals surface area (Å²) >= 11 is 0. The Hall–Kier alpha value is -3.13. The number of hydrogen-bond acceptors (Lipinski definition) is 3. The average molecular weight is 310 g/mol. The van der Waals surface area contributed by atoms with Gasteiger partial charge < -0.3 is 10.8 Å². The maximum absolute atomic E-state index is 14.1. The summed E-state index contributed by atoms with van der Waals surface area (Å²) in [7, 11) is 0. The van der Waals surface area contributed by atoms with E-state index in [0.29, 0.717) is 22.4 Å². The second kappa shape index (κ2) is 6.32. The third kappa shape index (κ3) is 3.38. The normalized spacial score (nSPS) is 11.1. The summed E-state index contributed by atoms with van der Waals surface area (Å²) in [5.74, 6) is -1.70. The fourth-order valence-electron chi connectivity index (χ4n) is 2.33. The standard InChI is InChI=1S/C18H15FN2O2/c1-10-6-16(15-4-3-14(21)8-17(15)19)11(2)5-12(10)7-13(9-20)18(22)23/h3-8H,21H2,1-2H3,(H,22,23). The minimum atomic E-state index is -1.28. The lowest BCUT2D eigenvalue weighted by Crippen LogP contribution is -1.99. The van der Waals surface area contributed by atoms with Crippen LogP contribution >= 0.6 is 0 Å². The van der Waals surface area contributed by atoms with Gasteiger partial charge >= 0.3 is 5.97 Å². The number of aliphatic carboxylic acids is 1. The number of rotatable bonds is 3. The molecule has 0 aliphatic carbocycles. The van der Waals surface area contributed by atoms with Gasteiger partial charge in [0.05, 0.1) is 0 Å². The van der Waals surface area contributed by atoms with E-state index in [-0.39, 0.29) is 5.57 Å². The summed E-state index contributed by atoms with van der Waals surface area (Å²) < 4.78 is 14.1. The number of carboxylic acids is 1. The molecule has 23 heavy (non-hydrogen) atoms. The molecule has 0 unspecified atom stereocenters. The molecule has 0 saturated carbocycles. The smallest absolute Gasteiger partial charge is 0.346 e. The van der Waals surface area contributed by atoms with Gasteiger partial charge in [-0.3, -0.25) is 0 Å². The highest BCUT2D eigenvalue weighted by Gasteiger charge is 2.12. The van der Waals surface area contributed by atoms with Gasteiger partial charge in [0.25, 0.3) is 0 Å². The zero-order valence-corrected chi connectivity index (χ0v) is 12.7. The van der Waals surface area contributed by atoms with Crippen molar-refractivity contribution in [1.82, 2.24) is 0 Å². The molecule has 2 rings (SSSR count). The highest BCUT2D eigenvalue weighted by Crippen LogP contribution is 2.30. The quantitative estimate of drug-likeness (QED) is 0.514. The number of nitrogen functional groups attached to an aromatic ring is 1. The topological polar surface area (TPSA) is 87.1 Å². The van der Waals surface area contributed by atoms with Gasteiger partial charge in [-0.05, 0) is 60.4 Å². The molecule has 0 aromatic heterocycles. The van der Waals surface area contributed by atoms with Gasteiger partial charge in [-0.25, -0.2) is 9.18 Å². The van der Waals surface area contributed by atoms with Crippen LogP contribution in [0, 0.1) is 31.0 Å². The fraction of sp³-hybridized carbons (Fsp3) is 0.111. The van der Waals surface area contributed by atoms with Crippen molar-refractivity contribution >= 4 is 17.7 Å². The molecule has 3 N–H and O–H groups in total. The minimum absolute atomic E-state index is 0.347. The Kier molecular flexibility index (Phi) is 4.47. The van der Waals surface area contributed by atoms with Crippen molar-refractivity contribution in [2.45, 2.75) is 13.8 Å². The number of hydrogen-bond donors (Lipinski definition) is 2. The van der Waals surface area contributed by atoms with Crippen LogP contribution in [-0.2, 0) is 4.79 Å². The van der Waals surface area contributed by atoms with E-state index in [0.717, 1.165) is 11.1 Å². The summed E-state index contributed by atoms with van der Waals surface area (Å²) in [5.41, 5.74) is 8.82. The molecule has 0 atom stereocenters. The van der Waals surface area contributed by atoms with Gasteiger partial charge in [0, 0.05) is 11.3 Å². The van der Waals surface area contributed by atoms with E-state index in [1.165, 1.54) is 12.1 Å². The molecule has 0 fully saturated rings. The second-order valence-corrected chi connectivity index (χ2v) is 5.24. The molecule has 116 valence electrons. The molecule has 0 radical (unpaired) electrons. The van der Waals surface area contributed by atoms with Crippen LogP contribution in [0.5, 0.6) is 0 Å². The van der Waals surface area contributed by atoms with Crippen LogP contribution in [0.15, 0.2) is 35.9 Å². The van der Waals surface area contributed by atoms with Gasteiger partial charge in [0.15, 0.2) is 0 Å². The predicted molar refractivity (Wildman–Crippen MR) is 86.9 cm³/mol. The van der Waals surface area contributed by atoms with Crippen molar-refractivity contribution in [2.24, 2.45) is 0 Å². The Labute approximate surface area is 133 Å². The molecular weight excluding hydrogens is 295 g/mol. The fourth-order valence-corrected chi connectivity index (χ4v) is 2.33. The number of carboxylic acid groups (broad SMARTS) is 1. The van der Waals surface area contributed by atoms with Crippen LogP contribution in [-0.4, -0.2) is 11.1 Å². The Balaban J connectivity index is 2.58. The van der Waals surface area contributed by atoms with E-state index in [9.17, 15) is 9.18 Å². The van der Waals surface area contributed by atoms with Crippen molar-refractivity contribution in [1.29, 1.82) is 5.26 Å². The third-order valence-corrected chi connectivity index (χ3v) is 3.55. The van der Waals surface area contributed by atoms with Gasteiger partial charge in [0.2, 0.25) is 0 Å². The van der Waals surface area contributed by atoms with Crippen LogP contribution in [0.3, 0.4) is 0 Å². The zero-order valence-electron chi connectivity index (χ0n) is 12.7. The molecule has 0 heterocycles. The summed E-state index contributed by atoms with van der Waals surface area (Å²) in [4.78, 5) is 10.9. The van der Waals surface area contributed by atoms with Crippen molar-refractivity contribution in [3.8, 4) is 17.2 Å². The number of carbonyl (C=O) groups is 1. The summed E-state index contributed by atoms with van der Waals surface area (Å²) in [5, 5.41) is 17.8. The van der Waals surface area contributed by atoms with Crippen LogP contribution in [0.1, 0.15) is 16.7 Å². The predicted octanol–water partition coefficient (Wildman–Crippen LogP) is 3.68. The molecule has 0 amide bonds. The Morgan fingerprint density at radius 3 is 2.48 bits per heavy atom. The summed E-state index contributed by atoms with van der Waals surface area (Å²) in [6, 6.07) is 9.65. The molecule has 0 aliphatic heterocycles. The highest BCUT2D eigenvalue weighted by molar-refractivity contribution is 5.96. The SMILES string of the molecule is Cc1cc(-c2ccc(N)cc2F)c(C)cc1C=C(C#N)C(=O)O. The van der Waals surface area contributed by atoms with Gasteiger partial charge in [-0.1, -0.05) is 12.1 Å².